The molecule has 3 rings (SSSR count). The van der Waals surface area contributed by atoms with E-state index in [1.807, 2.05) is 0 Å². The highest BCUT2D eigenvalue weighted by atomic mass is 35.5. The van der Waals surface area contributed by atoms with Crippen LogP contribution in [0.4, 0.5) is 13.2 Å². The number of nitrogens with one attached hydrogen (secondary N) is 2. The number of ether oxygens (including phenoxy) is 1. The molecule has 0 fully saturated rings. The molecule has 1 amide bonds. The first-order chi connectivity index (χ1) is 14.6. The second-order valence-corrected chi connectivity index (χ2v) is 7.35. The van der Waals surface area contributed by atoms with Crippen LogP contribution >= 0.6 is 11.6 Å². The van der Waals surface area contributed by atoms with Crippen LogP contribution in [0, 0.1) is 0 Å². The van der Waals surface area contributed by atoms with E-state index in [2.05, 4.69) is 15.4 Å². The van der Waals surface area contributed by atoms with Gasteiger partial charge in [-0.25, -0.2) is 4.79 Å². The monoisotopic (exact) mass is 456 g/mol. The van der Waals surface area contributed by atoms with Crippen molar-refractivity contribution >= 4 is 23.5 Å². The minimum Gasteiger partial charge on any atom is -0.508 e. The third-order valence-corrected chi connectivity index (χ3v) is 5.35. The smallest absolute Gasteiger partial charge is 0.491 e. The lowest BCUT2D eigenvalue weighted by molar-refractivity contribution is -0.189. The maximum atomic E-state index is 12.9. The summed E-state index contributed by atoms with van der Waals surface area (Å²) in [4.78, 5) is 24.1. The molecule has 0 radical (unpaired) electrons. The second kappa shape index (κ2) is 9.15. The van der Waals surface area contributed by atoms with E-state index in [4.69, 9.17) is 11.6 Å². The van der Waals surface area contributed by atoms with Crippen molar-refractivity contribution in [3.8, 4) is 11.5 Å². The Labute approximate surface area is 181 Å². The van der Waals surface area contributed by atoms with Crippen molar-refractivity contribution in [1.82, 2.24) is 10.6 Å². The van der Waals surface area contributed by atoms with Gasteiger partial charge in [0.05, 0.1) is 5.02 Å². The van der Waals surface area contributed by atoms with Crippen molar-refractivity contribution in [2.45, 2.75) is 25.4 Å². The van der Waals surface area contributed by atoms with Crippen molar-refractivity contribution in [1.29, 1.82) is 0 Å². The van der Waals surface area contributed by atoms with Crippen LogP contribution in [-0.4, -0.2) is 42.8 Å². The van der Waals surface area contributed by atoms with Gasteiger partial charge in [0.2, 0.25) is 0 Å². The highest BCUT2D eigenvalue weighted by molar-refractivity contribution is 6.35. The van der Waals surface area contributed by atoms with Gasteiger partial charge < -0.3 is 20.5 Å². The van der Waals surface area contributed by atoms with Crippen LogP contribution in [0.2, 0.25) is 5.02 Å². The molecule has 1 aliphatic rings. The summed E-state index contributed by atoms with van der Waals surface area (Å²) in [5, 5.41) is 15.2. The maximum Gasteiger partial charge on any atom is 0.491 e. The van der Waals surface area contributed by atoms with Crippen LogP contribution in [0.25, 0.3) is 0 Å². The Hall–Kier alpha value is -2.78. The lowest BCUT2D eigenvalue weighted by atomic mass is 9.86. The number of alkyl halides is 3. The Morgan fingerprint density at radius 3 is 2.58 bits per heavy atom. The Morgan fingerprint density at radius 2 is 1.97 bits per heavy atom. The van der Waals surface area contributed by atoms with Gasteiger partial charge in [-0.2, -0.15) is 13.2 Å². The molecule has 0 saturated carbocycles. The first-order valence-corrected chi connectivity index (χ1v) is 9.93. The summed E-state index contributed by atoms with van der Waals surface area (Å²) in [5.74, 6) is -4.03. The van der Waals surface area contributed by atoms with Gasteiger partial charge in [0.1, 0.15) is 17.1 Å². The van der Waals surface area contributed by atoms with Crippen LogP contribution in [0.5, 0.6) is 11.5 Å². The number of amides is 1. The van der Waals surface area contributed by atoms with Crippen molar-refractivity contribution in [3.63, 3.8) is 0 Å². The highest BCUT2D eigenvalue weighted by Gasteiger charge is 2.42. The van der Waals surface area contributed by atoms with Crippen molar-refractivity contribution in [2.75, 3.05) is 19.6 Å². The van der Waals surface area contributed by atoms with Crippen LogP contribution in [0.15, 0.2) is 30.3 Å². The number of carbonyl (C=O) groups is 2. The minimum absolute atomic E-state index is 0.0547. The van der Waals surface area contributed by atoms with Gasteiger partial charge in [0, 0.05) is 19.0 Å². The normalized spacial score (nSPS) is 16.2. The summed E-state index contributed by atoms with van der Waals surface area (Å²) in [6, 6.07) is 7.64. The first-order valence-electron chi connectivity index (χ1n) is 9.55. The molecular weight excluding hydrogens is 437 g/mol. The number of hydrogen-bond acceptors (Lipinski definition) is 5. The third kappa shape index (κ3) is 4.94. The number of halogens is 4. The Bertz CT molecular complexity index is 994. The van der Waals surface area contributed by atoms with E-state index in [-0.39, 0.29) is 28.8 Å². The van der Waals surface area contributed by atoms with E-state index in [1.54, 1.807) is 19.1 Å². The number of phenols is 1. The number of rotatable bonds is 4. The summed E-state index contributed by atoms with van der Waals surface area (Å²) in [6.45, 7) is 2.80. The molecule has 0 aromatic heterocycles. The average molecular weight is 457 g/mol. The number of hydrogen-bond donors (Lipinski definition) is 3. The quantitative estimate of drug-likeness (QED) is 0.484. The number of carbonyl (C=O) groups excluding carboxylic acids is 2. The largest absolute Gasteiger partial charge is 0.508 e. The van der Waals surface area contributed by atoms with E-state index in [1.165, 1.54) is 18.2 Å². The molecule has 0 spiro atoms. The molecule has 0 saturated heterocycles. The SMILES string of the molecule is CCNC(=O)c1c(OC(=O)C(F)(F)F)cc2c(c1Cl)CCNC[C@@H]2c1ccc(O)cc1. The summed E-state index contributed by atoms with van der Waals surface area (Å²) in [5.41, 5.74) is 1.58. The van der Waals surface area contributed by atoms with Crippen molar-refractivity contribution in [2.24, 2.45) is 0 Å². The zero-order valence-corrected chi connectivity index (χ0v) is 17.2. The zero-order valence-electron chi connectivity index (χ0n) is 16.5. The maximum absolute atomic E-state index is 12.9. The van der Waals surface area contributed by atoms with E-state index >= 15 is 0 Å². The average Bonchev–Trinajstić information content (AvgIpc) is 2.91. The fourth-order valence-corrected chi connectivity index (χ4v) is 3.91. The Kier molecular flexibility index (Phi) is 6.76. The number of fused-ring (bicyclic) bond motifs is 1. The molecule has 10 heteroatoms. The molecule has 1 aliphatic heterocycles. The van der Waals surface area contributed by atoms with Crippen molar-refractivity contribution < 1.29 is 32.6 Å². The number of benzene rings is 2. The van der Waals surface area contributed by atoms with Crippen LogP contribution < -0.4 is 15.4 Å². The second-order valence-electron chi connectivity index (χ2n) is 6.98. The van der Waals surface area contributed by atoms with Gasteiger partial charge >= 0.3 is 12.1 Å². The number of phenolic OH excluding ortho intramolecular Hbond substituents is 1. The van der Waals surface area contributed by atoms with Gasteiger partial charge in [0.25, 0.3) is 5.91 Å². The van der Waals surface area contributed by atoms with E-state index in [0.29, 0.717) is 30.6 Å². The molecule has 0 bridgehead atoms. The summed E-state index contributed by atoms with van der Waals surface area (Å²) in [7, 11) is 0. The predicted molar refractivity (Wildman–Crippen MR) is 108 cm³/mol. The van der Waals surface area contributed by atoms with Crippen LogP contribution in [-0.2, 0) is 11.2 Å². The lowest BCUT2D eigenvalue weighted by Crippen LogP contribution is -2.30. The van der Waals surface area contributed by atoms with Gasteiger partial charge in [-0.05, 0) is 54.8 Å². The molecule has 1 atom stereocenters. The van der Waals surface area contributed by atoms with Gasteiger partial charge in [0.15, 0.2) is 0 Å². The molecule has 0 aliphatic carbocycles. The molecule has 6 nitrogen and oxygen atoms in total. The molecule has 1 heterocycles. The zero-order chi connectivity index (χ0) is 22.8. The topological polar surface area (TPSA) is 87.7 Å². The molecule has 166 valence electrons. The Morgan fingerprint density at radius 1 is 1.29 bits per heavy atom. The van der Waals surface area contributed by atoms with Gasteiger partial charge in [-0.3, -0.25) is 4.79 Å². The summed E-state index contributed by atoms with van der Waals surface area (Å²) < 4.78 is 43.2. The fourth-order valence-electron chi connectivity index (χ4n) is 3.52. The molecular formula is C21H20ClF3N2O4. The lowest BCUT2D eigenvalue weighted by Gasteiger charge is -2.22. The van der Waals surface area contributed by atoms with E-state index in [0.717, 1.165) is 5.56 Å². The molecule has 3 N–H and O–H groups in total. The number of esters is 1. The highest BCUT2D eigenvalue weighted by Crippen LogP contribution is 2.40. The predicted octanol–water partition coefficient (Wildman–Crippen LogP) is 3.54. The van der Waals surface area contributed by atoms with Gasteiger partial charge in [-0.1, -0.05) is 23.7 Å². The summed E-state index contributed by atoms with van der Waals surface area (Å²) in [6.07, 6.45) is -4.82. The number of aromatic hydroxyl groups is 1. The molecule has 0 unspecified atom stereocenters. The van der Waals surface area contributed by atoms with E-state index < -0.39 is 23.8 Å². The van der Waals surface area contributed by atoms with Crippen LogP contribution in [0.3, 0.4) is 0 Å². The van der Waals surface area contributed by atoms with Gasteiger partial charge in [-0.15, -0.1) is 0 Å². The Balaban J connectivity index is 2.19. The van der Waals surface area contributed by atoms with Crippen LogP contribution in [0.1, 0.15) is 39.9 Å². The summed E-state index contributed by atoms with van der Waals surface area (Å²) >= 11 is 6.51. The molecule has 31 heavy (non-hydrogen) atoms. The molecule has 2 aromatic rings. The van der Waals surface area contributed by atoms with Crippen molar-refractivity contribution in [3.05, 3.63) is 57.6 Å². The molecule has 2 aromatic carbocycles. The fraction of sp³-hybridized carbons (Fsp3) is 0.333. The minimum atomic E-state index is -5.24. The van der Waals surface area contributed by atoms with E-state index in [9.17, 15) is 27.9 Å². The first kappa shape index (κ1) is 22.9. The third-order valence-electron chi connectivity index (χ3n) is 4.94. The standard InChI is InChI=1S/C21H20ClF3N2O4/c1-2-27-19(29)17-16(31-20(30)21(23,24)25)9-14-13(18(17)22)7-8-26-10-15(14)11-3-5-12(28)6-4-11/h3-6,9,15,26,28H,2,7-8,10H2,1H3,(H,27,29)/t15-/m1/s1.